The number of benzene rings is 1. The predicted molar refractivity (Wildman–Crippen MR) is 65.8 cm³/mol. The van der Waals surface area contributed by atoms with Gasteiger partial charge in [-0.15, -0.1) is 0 Å². The van der Waals surface area contributed by atoms with E-state index in [0.29, 0.717) is 24.3 Å². The molecule has 2 rings (SSSR count). The van der Waals surface area contributed by atoms with Crippen LogP contribution in [0.15, 0.2) is 23.2 Å². The lowest BCUT2D eigenvalue weighted by atomic mass is 10.3. The van der Waals surface area contributed by atoms with Gasteiger partial charge in [-0.25, -0.2) is 9.38 Å². The largest absolute Gasteiger partial charge is 0.491 e. The molecule has 1 aromatic carbocycles. The normalized spacial score (nSPS) is 15.8. The number of nitrogens with two attached hydrogens (primary N) is 1. The van der Waals surface area contributed by atoms with E-state index in [1.54, 1.807) is 12.1 Å². The summed E-state index contributed by atoms with van der Waals surface area (Å²) in [4.78, 5) is 4.20. The first-order valence-electron chi connectivity index (χ1n) is 5.71. The maximum Gasteiger partial charge on any atom is 0.193 e. The van der Waals surface area contributed by atoms with Crippen molar-refractivity contribution in [3.05, 3.63) is 24.0 Å². The van der Waals surface area contributed by atoms with Gasteiger partial charge < -0.3 is 15.8 Å². The zero-order valence-corrected chi connectivity index (χ0v) is 9.74. The molecule has 1 aliphatic carbocycles. The summed E-state index contributed by atoms with van der Waals surface area (Å²) in [5.41, 5.74) is 6.26. The van der Waals surface area contributed by atoms with Gasteiger partial charge in [0.05, 0.1) is 12.6 Å². The Morgan fingerprint density at radius 2 is 2.35 bits per heavy atom. The summed E-state index contributed by atoms with van der Waals surface area (Å²) in [6, 6.07) is 4.98. The molecule has 4 nitrogen and oxygen atoms in total. The first kappa shape index (κ1) is 11.7. The van der Waals surface area contributed by atoms with Gasteiger partial charge in [-0.3, -0.25) is 0 Å². The Hall–Kier alpha value is -1.78. The average molecular weight is 237 g/mol. The van der Waals surface area contributed by atoms with Crippen molar-refractivity contribution in [2.75, 3.05) is 11.9 Å². The number of hydrogen-bond donors (Lipinski definition) is 2. The summed E-state index contributed by atoms with van der Waals surface area (Å²) in [7, 11) is 0. The fourth-order valence-electron chi connectivity index (χ4n) is 1.43. The van der Waals surface area contributed by atoms with Crippen LogP contribution in [0.4, 0.5) is 10.1 Å². The zero-order chi connectivity index (χ0) is 12.3. The Balaban J connectivity index is 2.03. The Kier molecular flexibility index (Phi) is 3.46. The third-order valence-corrected chi connectivity index (χ3v) is 2.37. The molecule has 3 N–H and O–H groups in total. The molecule has 0 radical (unpaired) electrons. The number of aliphatic imine (C=N–C) groups is 1. The summed E-state index contributed by atoms with van der Waals surface area (Å²) < 4.78 is 18.6. The minimum Gasteiger partial charge on any atom is -0.491 e. The van der Waals surface area contributed by atoms with Gasteiger partial charge in [0.15, 0.2) is 17.5 Å². The third kappa shape index (κ3) is 3.34. The van der Waals surface area contributed by atoms with Crippen LogP contribution >= 0.6 is 0 Å². The molecule has 0 amide bonds. The molecule has 1 aromatic rings. The second kappa shape index (κ2) is 5.03. The van der Waals surface area contributed by atoms with Crippen molar-refractivity contribution in [3.63, 3.8) is 0 Å². The van der Waals surface area contributed by atoms with Crippen LogP contribution in [-0.4, -0.2) is 18.6 Å². The summed E-state index contributed by atoms with van der Waals surface area (Å²) in [5.74, 6) is 0.169. The first-order chi connectivity index (χ1) is 8.19. The van der Waals surface area contributed by atoms with Crippen molar-refractivity contribution >= 4 is 11.6 Å². The SMILES string of the molecule is CCOc1ccc(NC(N)=NC2CC2)cc1F. The van der Waals surface area contributed by atoms with Crippen LogP contribution in [0, 0.1) is 5.82 Å². The number of nitrogens with one attached hydrogen (secondary N) is 1. The van der Waals surface area contributed by atoms with Crippen molar-refractivity contribution in [2.45, 2.75) is 25.8 Å². The van der Waals surface area contributed by atoms with Crippen LogP contribution in [-0.2, 0) is 0 Å². The molecule has 1 saturated carbocycles. The first-order valence-corrected chi connectivity index (χ1v) is 5.71. The molecule has 0 bridgehead atoms. The second-order valence-electron chi connectivity index (χ2n) is 3.95. The van der Waals surface area contributed by atoms with Gasteiger partial charge in [0.2, 0.25) is 0 Å². The highest BCUT2D eigenvalue weighted by Crippen LogP contribution is 2.24. The van der Waals surface area contributed by atoms with E-state index in [2.05, 4.69) is 10.3 Å². The number of anilines is 1. The summed E-state index contributed by atoms with van der Waals surface area (Å²) in [6.45, 7) is 2.25. The van der Waals surface area contributed by atoms with Crippen molar-refractivity contribution in [2.24, 2.45) is 10.7 Å². The van der Waals surface area contributed by atoms with Gasteiger partial charge in [0.1, 0.15) is 0 Å². The number of rotatable bonds is 4. The number of hydrogen-bond acceptors (Lipinski definition) is 2. The topological polar surface area (TPSA) is 59.6 Å². The molecule has 92 valence electrons. The van der Waals surface area contributed by atoms with E-state index in [1.165, 1.54) is 6.07 Å². The molecule has 0 saturated heterocycles. The van der Waals surface area contributed by atoms with Gasteiger partial charge in [-0.05, 0) is 31.9 Å². The highest BCUT2D eigenvalue weighted by atomic mass is 19.1. The van der Waals surface area contributed by atoms with Gasteiger partial charge >= 0.3 is 0 Å². The third-order valence-electron chi connectivity index (χ3n) is 2.37. The summed E-state index contributed by atoms with van der Waals surface area (Å²) in [6.07, 6.45) is 2.17. The average Bonchev–Trinajstić information content (AvgIpc) is 3.06. The zero-order valence-electron chi connectivity index (χ0n) is 9.74. The van der Waals surface area contributed by atoms with Crippen LogP contribution in [0.3, 0.4) is 0 Å². The van der Waals surface area contributed by atoms with Gasteiger partial charge in [0.25, 0.3) is 0 Å². The number of nitrogens with zero attached hydrogens (tertiary/aromatic N) is 1. The van der Waals surface area contributed by atoms with E-state index in [-0.39, 0.29) is 5.75 Å². The molecular weight excluding hydrogens is 221 g/mol. The van der Waals surface area contributed by atoms with Crippen LogP contribution in [0.25, 0.3) is 0 Å². The van der Waals surface area contributed by atoms with Gasteiger partial charge in [-0.2, -0.15) is 0 Å². The lowest BCUT2D eigenvalue weighted by Crippen LogP contribution is -2.23. The van der Waals surface area contributed by atoms with Gasteiger partial charge in [-0.1, -0.05) is 0 Å². The molecule has 0 heterocycles. The van der Waals surface area contributed by atoms with Crippen LogP contribution in [0.2, 0.25) is 0 Å². The molecule has 0 unspecified atom stereocenters. The van der Waals surface area contributed by atoms with E-state index < -0.39 is 5.82 Å². The quantitative estimate of drug-likeness (QED) is 0.623. The lowest BCUT2D eigenvalue weighted by molar-refractivity contribution is 0.321. The summed E-state index contributed by atoms with van der Waals surface area (Å²) >= 11 is 0. The summed E-state index contributed by atoms with van der Waals surface area (Å²) in [5, 5.41) is 2.86. The van der Waals surface area contributed by atoms with Crippen molar-refractivity contribution in [3.8, 4) is 5.75 Å². The highest BCUT2D eigenvalue weighted by molar-refractivity contribution is 5.92. The molecule has 1 aliphatic rings. The lowest BCUT2D eigenvalue weighted by Gasteiger charge is -2.08. The Labute approximate surface area is 99.7 Å². The number of halogens is 1. The second-order valence-corrected chi connectivity index (χ2v) is 3.95. The van der Waals surface area contributed by atoms with Crippen molar-refractivity contribution < 1.29 is 9.13 Å². The standard InChI is InChI=1S/C12H16FN3O/c1-2-17-11-6-5-9(7-10(11)13)16-12(14)15-8-3-4-8/h5-8H,2-4H2,1H3,(H3,14,15,16). The van der Waals surface area contributed by atoms with Crippen LogP contribution in [0.1, 0.15) is 19.8 Å². The Morgan fingerprint density at radius 1 is 1.59 bits per heavy atom. The van der Waals surface area contributed by atoms with E-state index in [4.69, 9.17) is 10.5 Å². The minimum absolute atomic E-state index is 0.246. The molecule has 0 aliphatic heterocycles. The Bertz CT molecular complexity index is 430. The molecule has 17 heavy (non-hydrogen) atoms. The monoisotopic (exact) mass is 237 g/mol. The highest BCUT2D eigenvalue weighted by Gasteiger charge is 2.20. The van der Waals surface area contributed by atoms with Crippen LogP contribution < -0.4 is 15.8 Å². The molecule has 5 heteroatoms. The van der Waals surface area contributed by atoms with E-state index in [1.807, 2.05) is 6.92 Å². The van der Waals surface area contributed by atoms with Crippen molar-refractivity contribution in [1.82, 2.24) is 0 Å². The predicted octanol–water partition coefficient (Wildman–Crippen LogP) is 2.11. The van der Waals surface area contributed by atoms with Crippen LogP contribution in [0.5, 0.6) is 5.75 Å². The molecule has 0 atom stereocenters. The van der Waals surface area contributed by atoms with Gasteiger partial charge in [0, 0.05) is 11.8 Å². The van der Waals surface area contributed by atoms with E-state index in [9.17, 15) is 4.39 Å². The van der Waals surface area contributed by atoms with E-state index in [0.717, 1.165) is 12.8 Å². The number of ether oxygens (including phenoxy) is 1. The smallest absolute Gasteiger partial charge is 0.193 e. The maximum absolute atomic E-state index is 13.5. The maximum atomic E-state index is 13.5. The van der Waals surface area contributed by atoms with Crippen molar-refractivity contribution in [1.29, 1.82) is 0 Å². The fourth-order valence-corrected chi connectivity index (χ4v) is 1.43. The number of guanidine groups is 1. The Morgan fingerprint density at radius 3 is 2.94 bits per heavy atom. The fraction of sp³-hybridized carbons (Fsp3) is 0.417. The molecular formula is C12H16FN3O. The molecule has 0 spiro atoms. The molecule has 1 fully saturated rings. The minimum atomic E-state index is -0.406. The molecule has 0 aromatic heterocycles. The van der Waals surface area contributed by atoms with E-state index >= 15 is 0 Å².